The first-order valence-corrected chi connectivity index (χ1v) is 10.6. The molecular formula is C26H25N3O3. The molecule has 32 heavy (non-hydrogen) atoms. The predicted molar refractivity (Wildman–Crippen MR) is 124 cm³/mol. The molecule has 1 atom stereocenters. The maximum absolute atomic E-state index is 13.2. The summed E-state index contributed by atoms with van der Waals surface area (Å²) in [5, 5.41) is 5.64. The van der Waals surface area contributed by atoms with Gasteiger partial charge in [0.1, 0.15) is 6.04 Å². The number of nitrogens with one attached hydrogen (secondary N) is 2. The molecule has 3 amide bonds. The molecule has 0 aliphatic carbocycles. The third-order valence-corrected chi connectivity index (χ3v) is 5.59. The van der Waals surface area contributed by atoms with E-state index >= 15 is 0 Å². The van der Waals surface area contributed by atoms with E-state index in [1.807, 2.05) is 78.9 Å². The molecule has 0 spiro atoms. The van der Waals surface area contributed by atoms with Crippen LogP contribution in [0.2, 0.25) is 0 Å². The van der Waals surface area contributed by atoms with Gasteiger partial charge in [-0.2, -0.15) is 0 Å². The summed E-state index contributed by atoms with van der Waals surface area (Å²) >= 11 is 0. The topological polar surface area (TPSA) is 78.5 Å². The van der Waals surface area contributed by atoms with Crippen molar-refractivity contribution in [1.29, 1.82) is 0 Å². The predicted octanol–water partition coefficient (Wildman–Crippen LogP) is 3.24. The zero-order chi connectivity index (χ0) is 22.5. The molecule has 6 nitrogen and oxygen atoms in total. The van der Waals surface area contributed by atoms with E-state index in [4.69, 9.17) is 0 Å². The van der Waals surface area contributed by atoms with Gasteiger partial charge in [-0.05, 0) is 22.8 Å². The van der Waals surface area contributed by atoms with Gasteiger partial charge in [-0.15, -0.1) is 0 Å². The zero-order valence-electron chi connectivity index (χ0n) is 17.9. The van der Waals surface area contributed by atoms with Crippen LogP contribution in [0.25, 0.3) is 11.1 Å². The van der Waals surface area contributed by atoms with Gasteiger partial charge in [0.2, 0.25) is 11.8 Å². The Hall–Kier alpha value is -3.93. The number of amides is 3. The van der Waals surface area contributed by atoms with E-state index in [-0.39, 0.29) is 37.1 Å². The van der Waals surface area contributed by atoms with Crippen molar-refractivity contribution in [2.45, 2.75) is 18.9 Å². The molecule has 6 heteroatoms. The van der Waals surface area contributed by atoms with Crippen LogP contribution < -0.4 is 15.5 Å². The molecule has 1 aliphatic heterocycles. The third-order valence-electron chi connectivity index (χ3n) is 5.59. The van der Waals surface area contributed by atoms with Crippen molar-refractivity contribution in [3.05, 3.63) is 90.0 Å². The Morgan fingerprint density at radius 2 is 1.50 bits per heavy atom. The Kier molecular flexibility index (Phi) is 6.31. The van der Waals surface area contributed by atoms with Crippen molar-refractivity contribution in [2.24, 2.45) is 0 Å². The van der Waals surface area contributed by atoms with Crippen LogP contribution in [0.1, 0.15) is 23.6 Å². The second-order valence-corrected chi connectivity index (χ2v) is 7.76. The molecule has 0 radical (unpaired) electrons. The number of rotatable bonds is 6. The first-order chi connectivity index (χ1) is 15.5. The number of likely N-dealkylation sites (N-methyl/N-ethyl adjacent to an activating group) is 1. The van der Waals surface area contributed by atoms with Gasteiger partial charge in [-0.3, -0.25) is 14.4 Å². The quantitative estimate of drug-likeness (QED) is 0.634. The molecule has 1 aliphatic rings. The minimum absolute atomic E-state index is 0.0864. The number of benzene rings is 3. The molecule has 0 aromatic heterocycles. The SMILES string of the molecule is CN1C(=O)C(NC(=O)CCNC(=O)Cc2ccccc2)c2ccccc2-c2ccccc21. The zero-order valence-corrected chi connectivity index (χ0v) is 17.9. The highest BCUT2D eigenvalue weighted by Crippen LogP contribution is 2.39. The molecule has 162 valence electrons. The fourth-order valence-electron chi connectivity index (χ4n) is 3.97. The summed E-state index contributed by atoms with van der Waals surface area (Å²) in [5.41, 5.74) is 4.34. The van der Waals surface area contributed by atoms with Crippen LogP contribution in [0.4, 0.5) is 5.69 Å². The Morgan fingerprint density at radius 1 is 0.844 bits per heavy atom. The number of hydrogen-bond donors (Lipinski definition) is 2. The molecule has 3 aromatic rings. The van der Waals surface area contributed by atoms with Crippen molar-refractivity contribution in [1.82, 2.24) is 10.6 Å². The molecular weight excluding hydrogens is 402 g/mol. The lowest BCUT2D eigenvalue weighted by molar-refractivity contribution is -0.127. The standard InChI is InChI=1S/C26H25N3O3/c1-29-22-14-8-7-12-20(22)19-11-5-6-13-21(19)25(26(29)32)28-23(30)15-16-27-24(31)17-18-9-3-2-4-10-18/h2-14,25H,15-17H2,1H3,(H,27,31)(H,28,30). The maximum Gasteiger partial charge on any atom is 0.253 e. The number of nitrogens with zero attached hydrogens (tertiary/aromatic N) is 1. The van der Waals surface area contributed by atoms with E-state index in [2.05, 4.69) is 10.6 Å². The van der Waals surface area contributed by atoms with Gasteiger partial charge in [0, 0.05) is 25.6 Å². The number of hydrogen-bond acceptors (Lipinski definition) is 3. The average Bonchev–Trinajstić information content (AvgIpc) is 2.90. The lowest BCUT2D eigenvalue weighted by Crippen LogP contribution is -2.41. The molecule has 4 rings (SSSR count). The monoisotopic (exact) mass is 427 g/mol. The van der Waals surface area contributed by atoms with E-state index in [9.17, 15) is 14.4 Å². The van der Waals surface area contributed by atoms with Gasteiger partial charge in [-0.25, -0.2) is 0 Å². The summed E-state index contributed by atoms with van der Waals surface area (Å²) < 4.78 is 0. The minimum atomic E-state index is -0.795. The Balaban J connectivity index is 1.43. The number of para-hydroxylation sites is 1. The van der Waals surface area contributed by atoms with Crippen LogP contribution in [0.5, 0.6) is 0 Å². The van der Waals surface area contributed by atoms with Gasteiger partial charge < -0.3 is 15.5 Å². The highest BCUT2D eigenvalue weighted by molar-refractivity contribution is 6.05. The van der Waals surface area contributed by atoms with Crippen LogP contribution in [0.15, 0.2) is 78.9 Å². The fraction of sp³-hybridized carbons (Fsp3) is 0.192. The van der Waals surface area contributed by atoms with Gasteiger partial charge in [0.15, 0.2) is 0 Å². The summed E-state index contributed by atoms with van der Waals surface area (Å²) in [6.45, 7) is 0.204. The van der Waals surface area contributed by atoms with Crippen LogP contribution in [-0.2, 0) is 20.8 Å². The molecule has 1 heterocycles. The van der Waals surface area contributed by atoms with E-state index in [0.29, 0.717) is 0 Å². The minimum Gasteiger partial charge on any atom is -0.355 e. The van der Waals surface area contributed by atoms with Crippen LogP contribution in [0.3, 0.4) is 0 Å². The van der Waals surface area contributed by atoms with Crippen molar-refractivity contribution < 1.29 is 14.4 Å². The summed E-state index contributed by atoms with van der Waals surface area (Å²) in [6.07, 6.45) is 0.350. The second-order valence-electron chi connectivity index (χ2n) is 7.76. The normalized spacial score (nSPS) is 14.7. The van der Waals surface area contributed by atoms with E-state index < -0.39 is 6.04 Å². The van der Waals surface area contributed by atoms with Gasteiger partial charge in [0.05, 0.1) is 12.1 Å². The smallest absolute Gasteiger partial charge is 0.253 e. The van der Waals surface area contributed by atoms with Crippen molar-refractivity contribution >= 4 is 23.4 Å². The summed E-state index contributed by atoms with van der Waals surface area (Å²) in [7, 11) is 1.72. The van der Waals surface area contributed by atoms with E-state index in [1.165, 1.54) is 0 Å². The lowest BCUT2D eigenvalue weighted by atomic mass is 9.95. The molecule has 0 bridgehead atoms. The molecule has 0 saturated carbocycles. The van der Waals surface area contributed by atoms with Crippen LogP contribution >= 0.6 is 0 Å². The highest BCUT2D eigenvalue weighted by Gasteiger charge is 2.32. The largest absolute Gasteiger partial charge is 0.355 e. The average molecular weight is 428 g/mol. The maximum atomic E-state index is 13.2. The van der Waals surface area contributed by atoms with E-state index in [0.717, 1.165) is 27.9 Å². The number of carbonyl (C=O) groups excluding carboxylic acids is 3. The molecule has 0 fully saturated rings. The number of carbonyl (C=O) groups is 3. The van der Waals surface area contributed by atoms with Crippen LogP contribution in [-0.4, -0.2) is 31.3 Å². The Bertz CT molecular complexity index is 1140. The Morgan fingerprint density at radius 3 is 2.28 bits per heavy atom. The first-order valence-electron chi connectivity index (χ1n) is 10.6. The second kappa shape index (κ2) is 9.47. The number of fused-ring (bicyclic) bond motifs is 3. The lowest BCUT2D eigenvalue weighted by Gasteiger charge is -2.23. The highest BCUT2D eigenvalue weighted by atomic mass is 16.2. The van der Waals surface area contributed by atoms with Gasteiger partial charge in [0.25, 0.3) is 5.91 Å². The van der Waals surface area contributed by atoms with Crippen LogP contribution in [0, 0.1) is 0 Å². The summed E-state index contributed by atoms with van der Waals surface area (Å²) in [6, 6.07) is 24.0. The first kappa shape index (κ1) is 21.3. The Labute approximate surface area is 187 Å². The fourth-order valence-corrected chi connectivity index (χ4v) is 3.97. The summed E-state index contributed by atoms with van der Waals surface area (Å²) in [5.74, 6) is -0.642. The third kappa shape index (κ3) is 4.54. The van der Waals surface area contributed by atoms with E-state index in [1.54, 1.807) is 11.9 Å². The van der Waals surface area contributed by atoms with Crippen molar-refractivity contribution in [3.63, 3.8) is 0 Å². The van der Waals surface area contributed by atoms with Gasteiger partial charge >= 0.3 is 0 Å². The van der Waals surface area contributed by atoms with Crippen molar-refractivity contribution in [3.8, 4) is 11.1 Å². The number of anilines is 1. The molecule has 0 saturated heterocycles. The molecule has 3 aromatic carbocycles. The summed E-state index contributed by atoms with van der Waals surface area (Å²) in [4.78, 5) is 39.6. The van der Waals surface area contributed by atoms with Gasteiger partial charge in [-0.1, -0.05) is 72.8 Å². The van der Waals surface area contributed by atoms with Crippen molar-refractivity contribution in [2.75, 3.05) is 18.5 Å². The molecule has 1 unspecified atom stereocenters. The molecule has 2 N–H and O–H groups in total.